The van der Waals surface area contributed by atoms with Gasteiger partial charge in [0.1, 0.15) is 0 Å². The first-order valence-corrected chi connectivity index (χ1v) is 9.83. The lowest BCUT2D eigenvalue weighted by Crippen LogP contribution is -2.18. The maximum Gasteiger partial charge on any atom is 0.00157 e. The van der Waals surface area contributed by atoms with Gasteiger partial charge in [-0.25, -0.2) is 0 Å². The van der Waals surface area contributed by atoms with Crippen molar-refractivity contribution in [2.24, 2.45) is 11.8 Å². The van der Waals surface area contributed by atoms with E-state index in [1.54, 1.807) is 5.57 Å². The smallest absolute Gasteiger partial charge is 0.00157 e. The zero-order valence-electron chi connectivity index (χ0n) is 14.9. The van der Waals surface area contributed by atoms with Crippen molar-refractivity contribution in [3.05, 3.63) is 22.8 Å². The zero-order chi connectivity index (χ0) is 15.4. The van der Waals surface area contributed by atoms with Gasteiger partial charge in [-0.05, 0) is 75.6 Å². The van der Waals surface area contributed by atoms with E-state index >= 15 is 0 Å². The van der Waals surface area contributed by atoms with Crippen LogP contribution in [0, 0.1) is 11.8 Å². The van der Waals surface area contributed by atoms with E-state index in [0.29, 0.717) is 0 Å². The Morgan fingerprint density at radius 1 is 0.864 bits per heavy atom. The predicted molar refractivity (Wildman–Crippen MR) is 96.0 cm³/mol. The average molecular weight is 302 g/mol. The molecule has 1 nitrogen and oxygen atoms in total. The molecule has 1 heteroatoms. The highest BCUT2D eigenvalue weighted by molar-refractivity contribution is 5.45. The van der Waals surface area contributed by atoms with Crippen LogP contribution < -0.4 is 0 Å². The molecule has 2 saturated carbocycles. The lowest BCUT2D eigenvalue weighted by Gasteiger charge is -2.31. The first-order valence-electron chi connectivity index (χ1n) is 9.83. The van der Waals surface area contributed by atoms with Gasteiger partial charge in [-0.1, -0.05) is 50.2 Å². The fourth-order valence-electron chi connectivity index (χ4n) is 4.99. The Kier molecular flexibility index (Phi) is 5.79. The van der Waals surface area contributed by atoms with Crippen LogP contribution in [0.15, 0.2) is 22.8 Å². The van der Waals surface area contributed by atoms with Crippen LogP contribution in [0.4, 0.5) is 0 Å². The Bertz CT molecular complexity index is 417. The standard InChI is InChI=1S/C21H35N/c1-22(2)16-15-19-13-14-20(17-9-5-3-6-10-17)21(19)18-11-7-4-8-12-18/h13,17-18H,3-12,14-16H2,1-2H3. The summed E-state index contributed by atoms with van der Waals surface area (Å²) in [5.74, 6) is 1.83. The van der Waals surface area contributed by atoms with Gasteiger partial charge in [-0.15, -0.1) is 0 Å². The van der Waals surface area contributed by atoms with Crippen LogP contribution in [-0.4, -0.2) is 25.5 Å². The maximum absolute atomic E-state index is 2.61. The SMILES string of the molecule is CN(C)CCC1=CCC(C2CCCCC2)=C1C1CCCCC1. The van der Waals surface area contributed by atoms with Crippen LogP contribution in [0.1, 0.15) is 77.0 Å². The van der Waals surface area contributed by atoms with E-state index in [0.717, 1.165) is 11.8 Å². The van der Waals surface area contributed by atoms with Crippen molar-refractivity contribution < 1.29 is 0 Å². The van der Waals surface area contributed by atoms with Gasteiger partial charge in [0.2, 0.25) is 0 Å². The van der Waals surface area contributed by atoms with E-state index in [1.807, 2.05) is 11.1 Å². The van der Waals surface area contributed by atoms with Gasteiger partial charge < -0.3 is 4.90 Å². The molecule has 3 aliphatic carbocycles. The molecule has 3 aliphatic rings. The van der Waals surface area contributed by atoms with Crippen molar-refractivity contribution in [2.45, 2.75) is 77.0 Å². The van der Waals surface area contributed by atoms with Gasteiger partial charge >= 0.3 is 0 Å². The third kappa shape index (κ3) is 3.85. The Hall–Kier alpha value is -0.560. The van der Waals surface area contributed by atoms with Crippen LogP contribution in [0.5, 0.6) is 0 Å². The van der Waals surface area contributed by atoms with Gasteiger partial charge in [-0.2, -0.15) is 0 Å². The molecule has 0 aliphatic heterocycles. The molecule has 0 aromatic rings. The molecule has 2 fully saturated rings. The third-order valence-corrected chi connectivity index (χ3v) is 6.20. The number of rotatable bonds is 5. The first-order chi connectivity index (χ1) is 10.8. The lowest BCUT2D eigenvalue weighted by atomic mass is 9.75. The largest absolute Gasteiger partial charge is 0.309 e. The van der Waals surface area contributed by atoms with Gasteiger partial charge in [0.05, 0.1) is 0 Å². The molecule has 0 atom stereocenters. The minimum absolute atomic E-state index is 0.904. The molecule has 0 spiro atoms. The minimum atomic E-state index is 0.904. The quantitative estimate of drug-likeness (QED) is 0.627. The van der Waals surface area contributed by atoms with E-state index in [4.69, 9.17) is 0 Å². The van der Waals surface area contributed by atoms with Gasteiger partial charge in [0.15, 0.2) is 0 Å². The summed E-state index contributed by atoms with van der Waals surface area (Å²) in [5, 5.41) is 0. The average Bonchev–Trinajstić information content (AvgIpc) is 2.98. The minimum Gasteiger partial charge on any atom is -0.309 e. The number of hydrogen-bond donors (Lipinski definition) is 0. The lowest BCUT2D eigenvalue weighted by molar-refractivity contribution is 0.373. The molecule has 0 unspecified atom stereocenters. The van der Waals surface area contributed by atoms with E-state index < -0.39 is 0 Å². The molecule has 0 amide bonds. The number of hydrogen-bond acceptors (Lipinski definition) is 1. The summed E-state index contributed by atoms with van der Waals surface area (Å²) in [6.07, 6.45) is 19.9. The molecular formula is C21H35N. The third-order valence-electron chi connectivity index (χ3n) is 6.20. The molecule has 0 radical (unpaired) electrons. The summed E-state index contributed by atoms with van der Waals surface area (Å²) >= 11 is 0. The molecule has 0 aromatic carbocycles. The van der Waals surface area contributed by atoms with Crippen molar-refractivity contribution in [2.75, 3.05) is 20.6 Å². The summed E-state index contributed by atoms with van der Waals surface area (Å²) in [6.45, 7) is 1.21. The van der Waals surface area contributed by atoms with Crippen molar-refractivity contribution in [3.8, 4) is 0 Å². The molecular weight excluding hydrogens is 266 g/mol. The second-order valence-electron chi connectivity index (χ2n) is 8.10. The Balaban J connectivity index is 1.79. The first kappa shape index (κ1) is 16.3. The van der Waals surface area contributed by atoms with Crippen LogP contribution in [0.25, 0.3) is 0 Å². The number of allylic oxidation sites excluding steroid dienone is 3. The zero-order valence-corrected chi connectivity index (χ0v) is 14.9. The Morgan fingerprint density at radius 2 is 1.45 bits per heavy atom. The highest BCUT2D eigenvalue weighted by Gasteiger charge is 2.30. The summed E-state index contributed by atoms with van der Waals surface area (Å²) < 4.78 is 0. The normalized spacial score (nSPS) is 25.1. The number of nitrogens with zero attached hydrogens (tertiary/aromatic N) is 1. The highest BCUT2D eigenvalue weighted by Crippen LogP contribution is 2.45. The van der Waals surface area contributed by atoms with Crippen molar-refractivity contribution in [3.63, 3.8) is 0 Å². The Labute approximate surface area is 137 Å². The second-order valence-corrected chi connectivity index (χ2v) is 8.10. The van der Waals surface area contributed by atoms with Crippen molar-refractivity contribution in [1.29, 1.82) is 0 Å². The molecule has 22 heavy (non-hydrogen) atoms. The van der Waals surface area contributed by atoms with E-state index in [1.165, 1.54) is 83.6 Å². The second kappa shape index (κ2) is 7.81. The molecule has 3 rings (SSSR count). The Morgan fingerprint density at radius 3 is 2.05 bits per heavy atom. The monoisotopic (exact) mass is 301 g/mol. The van der Waals surface area contributed by atoms with Crippen molar-refractivity contribution >= 4 is 0 Å². The van der Waals surface area contributed by atoms with Gasteiger partial charge in [0.25, 0.3) is 0 Å². The van der Waals surface area contributed by atoms with Crippen LogP contribution in [0.3, 0.4) is 0 Å². The van der Waals surface area contributed by atoms with Crippen LogP contribution in [-0.2, 0) is 0 Å². The summed E-state index contributed by atoms with van der Waals surface area (Å²) in [4.78, 5) is 2.35. The maximum atomic E-state index is 2.61. The van der Waals surface area contributed by atoms with Crippen LogP contribution >= 0.6 is 0 Å². The summed E-state index contributed by atoms with van der Waals surface area (Å²) in [6, 6.07) is 0. The van der Waals surface area contributed by atoms with Gasteiger partial charge in [-0.3, -0.25) is 0 Å². The topological polar surface area (TPSA) is 3.24 Å². The van der Waals surface area contributed by atoms with Gasteiger partial charge in [0, 0.05) is 6.54 Å². The molecule has 0 aromatic heterocycles. The highest BCUT2D eigenvalue weighted by atomic mass is 15.0. The molecule has 124 valence electrons. The van der Waals surface area contributed by atoms with Crippen LogP contribution in [0.2, 0.25) is 0 Å². The fraction of sp³-hybridized carbons (Fsp3) is 0.810. The summed E-state index contributed by atoms with van der Waals surface area (Å²) in [5.41, 5.74) is 5.50. The fourth-order valence-corrected chi connectivity index (χ4v) is 4.99. The molecule has 0 saturated heterocycles. The predicted octanol–water partition coefficient (Wildman–Crippen LogP) is 5.73. The molecule has 0 N–H and O–H groups in total. The molecule has 0 heterocycles. The summed E-state index contributed by atoms with van der Waals surface area (Å²) in [7, 11) is 4.42. The van der Waals surface area contributed by atoms with E-state index in [9.17, 15) is 0 Å². The van der Waals surface area contributed by atoms with Crippen molar-refractivity contribution in [1.82, 2.24) is 4.90 Å². The van der Waals surface area contributed by atoms with E-state index in [-0.39, 0.29) is 0 Å². The van der Waals surface area contributed by atoms with E-state index in [2.05, 4.69) is 25.1 Å². The molecule has 0 bridgehead atoms.